The van der Waals surface area contributed by atoms with E-state index in [4.69, 9.17) is 0 Å². The van der Waals surface area contributed by atoms with Crippen molar-refractivity contribution in [2.24, 2.45) is 52.3 Å². The fourth-order valence-electron chi connectivity index (χ4n) is 9.24. The molecule has 4 fully saturated rings. The van der Waals surface area contributed by atoms with E-state index < -0.39 is 0 Å². The molecular weight excluding hydrogens is 388 g/mol. The second kappa shape index (κ2) is 8.56. The summed E-state index contributed by atoms with van der Waals surface area (Å²) < 4.78 is 0. The summed E-state index contributed by atoms with van der Waals surface area (Å²) in [4.78, 5) is 0. The minimum atomic E-state index is -0.353. The molecule has 1 unspecified atom stereocenters. The van der Waals surface area contributed by atoms with E-state index in [-0.39, 0.29) is 47.1 Å². The molecule has 4 heteroatoms. The lowest BCUT2D eigenvalue weighted by molar-refractivity contribution is -0.181. The first-order valence-electron chi connectivity index (χ1n) is 13.2. The van der Waals surface area contributed by atoms with Gasteiger partial charge in [0, 0.05) is 0 Å². The van der Waals surface area contributed by atoms with Crippen molar-refractivity contribution in [2.45, 2.75) is 117 Å². The van der Waals surface area contributed by atoms with Crippen LogP contribution in [-0.2, 0) is 0 Å². The van der Waals surface area contributed by atoms with E-state index in [1.165, 1.54) is 12.8 Å². The van der Waals surface area contributed by atoms with Gasteiger partial charge in [0.2, 0.25) is 0 Å². The van der Waals surface area contributed by atoms with E-state index in [0.29, 0.717) is 29.6 Å². The molecule has 4 aliphatic carbocycles. The van der Waals surface area contributed by atoms with Gasteiger partial charge in [0.15, 0.2) is 0 Å². The molecule has 4 saturated carbocycles. The number of aliphatic hydroxyl groups is 4. The summed E-state index contributed by atoms with van der Waals surface area (Å²) in [6.07, 6.45) is 7.36. The Bertz CT molecular complexity index is 637. The molecule has 4 nitrogen and oxygen atoms in total. The Kier molecular flexibility index (Phi) is 6.62. The molecule has 0 bridgehead atoms. The van der Waals surface area contributed by atoms with E-state index in [1.54, 1.807) is 0 Å². The van der Waals surface area contributed by atoms with Gasteiger partial charge in [0.25, 0.3) is 0 Å². The van der Waals surface area contributed by atoms with Gasteiger partial charge in [0.05, 0.1) is 24.4 Å². The Labute approximate surface area is 189 Å². The highest BCUT2D eigenvalue weighted by atomic mass is 16.3. The van der Waals surface area contributed by atoms with Gasteiger partial charge in [-0.15, -0.1) is 0 Å². The normalized spacial score (nSPS) is 51.7. The predicted octanol–water partition coefficient (Wildman–Crippen LogP) is 4.38. The molecule has 4 rings (SSSR count). The van der Waals surface area contributed by atoms with Gasteiger partial charge >= 0.3 is 0 Å². The van der Waals surface area contributed by atoms with Crippen molar-refractivity contribution in [3.8, 4) is 0 Å². The summed E-state index contributed by atoms with van der Waals surface area (Å²) in [7, 11) is 0. The van der Waals surface area contributed by atoms with Crippen molar-refractivity contribution in [1.82, 2.24) is 0 Å². The van der Waals surface area contributed by atoms with Gasteiger partial charge in [-0.2, -0.15) is 0 Å². The molecule has 12 atom stereocenters. The van der Waals surface area contributed by atoms with Crippen LogP contribution in [0.4, 0.5) is 0 Å². The van der Waals surface area contributed by atoms with Crippen LogP contribution in [0.2, 0.25) is 0 Å². The van der Waals surface area contributed by atoms with Gasteiger partial charge in [-0.1, -0.05) is 34.6 Å². The molecule has 0 radical (unpaired) electrons. The highest BCUT2D eigenvalue weighted by Gasteiger charge is 2.64. The summed E-state index contributed by atoms with van der Waals surface area (Å²) in [6, 6.07) is 0. The molecule has 0 saturated heterocycles. The largest absolute Gasteiger partial charge is 0.393 e. The van der Waals surface area contributed by atoms with Crippen LogP contribution in [0.3, 0.4) is 0 Å². The molecule has 0 amide bonds. The SMILES string of the molecule is CC(C)[C@@H](O)CC[C@@H](C)[C@H]1C[C@@H](O)[C@H]2[C@@H]3C[C@H](O)C4C[C@@H](O)CC[C@]4(C)[C@H]3CC[C@@]21C. The smallest absolute Gasteiger partial charge is 0.0579 e. The lowest BCUT2D eigenvalue weighted by atomic mass is 9.43. The van der Waals surface area contributed by atoms with Gasteiger partial charge < -0.3 is 20.4 Å². The average molecular weight is 437 g/mol. The minimum absolute atomic E-state index is 0.0910. The molecule has 31 heavy (non-hydrogen) atoms. The molecule has 4 aliphatic rings. The molecule has 0 aromatic heterocycles. The third-order valence-corrected chi connectivity index (χ3v) is 11.1. The van der Waals surface area contributed by atoms with Crippen molar-refractivity contribution in [3.05, 3.63) is 0 Å². The molecule has 0 spiro atoms. The highest BCUT2D eigenvalue weighted by molar-refractivity contribution is 5.13. The summed E-state index contributed by atoms with van der Waals surface area (Å²) >= 11 is 0. The molecule has 4 N–H and O–H groups in total. The number of aliphatic hydroxyl groups excluding tert-OH is 4. The fraction of sp³-hybridized carbons (Fsp3) is 1.00. The Morgan fingerprint density at radius 2 is 1.48 bits per heavy atom. The lowest BCUT2D eigenvalue weighted by Gasteiger charge is -2.62. The first-order chi connectivity index (χ1) is 14.5. The van der Waals surface area contributed by atoms with Crippen molar-refractivity contribution in [2.75, 3.05) is 0 Å². The monoisotopic (exact) mass is 436 g/mol. The average Bonchev–Trinajstić information content (AvgIpc) is 2.98. The minimum Gasteiger partial charge on any atom is -0.393 e. The second-order valence-electron chi connectivity index (χ2n) is 13.0. The maximum absolute atomic E-state index is 11.4. The van der Waals surface area contributed by atoms with Crippen LogP contribution in [-0.4, -0.2) is 44.8 Å². The van der Waals surface area contributed by atoms with E-state index >= 15 is 0 Å². The number of rotatable bonds is 5. The Hall–Kier alpha value is -0.160. The van der Waals surface area contributed by atoms with Gasteiger partial charge in [0.1, 0.15) is 0 Å². The van der Waals surface area contributed by atoms with E-state index in [9.17, 15) is 20.4 Å². The molecular formula is C27H48O4. The van der Waals surface area contributed by atoms with Crippen LogP contribution in [0.25, 0.3) is 0 Å². The van der Waals surface area contributed by atoms with Gasteiger partial charge in [-0.3, -0.25) is 0 Å². The zero-order chi connectivity index (χ0) is 22.7. The van der Waals surface area contributed by atoms with Gasteiger partial charge in [-0.05, 0) is 110 Å². The van der Waals surface area contributed by atoms with Crippen LogP contribution < -0.4 is 0 Å². The first-order valence-corrected chi connectivity index (χ1v) is 13.2. The molecule has 0 heterocycles. The first kappa shape index (κ1) is 24.0. The fourth-order valence-corrected chi connectivity index (χ4v) is 9.24. The maximum atomic E-state index is 11.4. The molecule has 0 aromatic carbocycles. The third-order valence-electron chi connectivity index (χ3n) is 11.1. The Morgan fingerprint density at radius 1 is 0.806 bits per heavy atom. The standard InChI is InChI=1S/C27H48O4/c1-15(2)22(29)7-6-16(3)20-14-24(31)25-18-13-23(30)21-12-17(28)8-10-26(21,4)19(18)9-11-27(20,25)5/h15-25,28-31H,6-14H2,1-5H3/t16-,17+,18-,19+,20-,21?,22+,23+,24-,25-,26-,27-/m1/s1. The van der Waals surface area contributed by atoms with Crippen LogP contribution in [0.5, 0.6) is 0 Å². The Morgan fingerprint density at radius 3 is 2.16 bits per heavy atom. The van der Waals surface area contributed by atoms with Crippen LogP contribution in [0, 0.1) is 52.3 Å². The van der Waals surface area contributed by atoms with Gasteiger partial charge in [-0.25, -0.2) is 0 Å². The highest BCUT2D eigenvalue weighted by Crippen LogP contribution is 2.68. The summed E-state index contributed by atoms with van der Waals surface area (Å²) in [5.74, 6) is 2.70. The van der Waals surface area contributed by atoms with Crippen molar-refractivity contribution in [1.29, 1.82) is 0 Å². The van der Waals surface area contributed by atoms with Crippen molar-refractivity contribution in [3.63, 3.8) is 0 Å². The van der Waals surface area contributed by atoms with Crippen LogP contribution in [0.15, 0.2) is 0 Å². The lowest BCUT2D eigenvalue weighted by Crippen LogP contribution is -2.59. The maximum Gasteiger partial charge on any atom is 0.0579 e. The summed E-state index contributed by atoms with van der Waals surface area (Å²) in [6.45, 7) is 11.3. The molecule has 180 valence electrons. The van der Waals surface area contributed by atoms with E-state index in [2.05, 4.69) is 34.6 Å². The third kappa shape index (κ3) is 3.92. The number of fused-ring (bicyclic) bond motifs is 5. The topological polar surface area (TPSA) is 80.9 Å². The molecule has 0 aromatic rings. The second-order valence-corrected chi connectivity index (χ2v) is 13.0. The summed E-state index contributed by atoms with van der Waals surface area (Å²) in [5, 5.41) is 43.1. The van der Waals surface area contributed by atoms with Crippen LogP contribution >= 0.6 is 0 Å². The quantitative estimate of drug-likeness (QED) is 0.515. The van der Waals surface area contributed by atoms with E-state index in [1.807, 2.05) is 0 Å². The Balaban J connectivity index is 1.54. The van der Waals surface area contributed by atoms with E-state index in [0.717, 1.165) is 44.9 Å². The van der Waals surface area contributed by atoms with Crippen LogP contribution in [0.1, 0.15) is 92.4 Å². The zero-order valence-corrected chi connectivity index (χ0v) is 20.5. The summed E-state index contributed by atoms with van der Waals surface area (Å²) in [5.41, 5.74) is 0.216. The zero-order valence-electron chi connectivity index (χ0n) is 20.5. The number of hydrogen-bond donors (Lipinski definition) is 4. The number of hydrogen-bond acceptors (Lipinski definition) is 4. The van der Waals surface area contributed by atoms with Crippen molar-refractivity contribution < 1.29 is 20.4 Å². The molecule has 0 aliphatic heterocycles. The van der Waals surface area contributed by atoms with Crippen molar-refractivity contribution >= 4 is 0 Å². The predicted molar refractivity (Wildman–Crippen MR) is 123 cm³/mol.